The van der Waals surface area contributed by atoms with Crippen molar-refractivity contribution in [1.82, 2.24) is 0 Å². The summed E-state index contributed by atoms with van der Waals surface area (Å²) in [6.07, 6.45) is 0. The van der Waals surface area contributed by atoms with Crippen LogP contribution in [0.25, 0.3) is 0 Å². The van der Waals surface area contributed by atoms with E-state index in [0.717, 1.165) is 11.1 Å². The van der Waals surface area contributed by atoms with Crippen LogP contribution in [0.3, 0.4) is 0 Å². The molecule has 0 spiro atoms. The van der Waals surface area contributed by atoms with E-state index in [1.165, 1.54) is 6.92 Å². The van der Waals surface area contributed by atoms with Crippen molar-refractivity contribution in [2.75, 3.05) is 5.32 Å². The van der Waals surface area contributed by atoms with Crippen molar-refractivity contribution in [1.29, 1.82) is 0 Å². The zero-order chi connectivity index (χ0) is 20.6. The number of hydrogen-bond acceptors (Lipinski definition) is 4. The Morgan fingerprint density at radius 1 is 0.862 bits per heavy atom. The molecule has 0 bridgehead atoms. The quantitative estimate of drug-likeness (QED) is 0.585. The molecular formula is C24H23NO4. The van der Waals surface area contributed by atoms with E-state index in [-0.39, 0.29) is 12.5 Å². The molecule has 0 atom stereocenters. The fraction of sp³-hybridized carbons (Fsp3) is 0.167. The maximum absolute atomic E-state index is 12.6. The molecule has 0 radical (unpaired) electrons. The number of amides is 1. The van der Waals surface area contributed by atoms with E-state index in [9.17, 15) is 9.59 Å². The number of carbonyl (C=O) groups excluding carboxylic acids is 2. The number of benzene rings is 3. The zero-order valence-electron chi connectivity index (χ0n) is 16.5. The van der Waals surface area contributed by atoms with E-state index in [2.05, 4.69) is 5.32 Å². The molecule has 1 N–H and O–H groups in total. The second kappa shape index (κ2) is 9.55. The van der Waals surface area contributed by atoms with Gasteiger partial charge in [0.15, 0.2) is 0 Å². The lowest BCUT2D eigenvalue weighted by atomic mass is 10.1. The van der Waals surface area contributed by atoms with Crippen molar-refractivity contribution < 1.29 is 19.1 Å². The molecule has 0 aliphatic heterocycles. The van der Waals surface area contributed by atoms with Gasteiger partial charge >= 0.3 is 5.97 Å². The van der Waals surface area contributed by atoms with Crippen molar-refractivity contribution in [2.24, 2.45) is 0 Å². The normalized spacial score (nSPS) is 10.3. The Kier molecular flexibility index (Phi) is 6.63. The highest BCUT2D eigenvalue weighted by atomic mass is 16.5. The molecule has 148 valence electrons. The topological polar surface area (TPSA) is 64.6 Å². The molecule has 0 saturated heterocycles. The van der Waals surface area contributed by atoms with Crippen LogP contribution in [-0.4, -0.2) is 11.9 Å². The molecule has 0 unspecified atom stereocenters. The minimum Gasteiger partial charge on any atom is -0.487 e. The van der Waals surface area contributed by atoms with Gasteiger partial charge in [0.2, 0.25) is 5.91 Å². The van der Waals surface area contributed by atoms with Crippen molar-refractivity contribution >= 4 is 17.6 Å². The molecule has 5 heteroatoms. The van der Waals surface area contributed by atoms with Crippen LogP contribution in [0.15, 0.2) is 72.8 Å². The van der Waals surface area contributed by atoms with Gasteiger partial charge in [0, 0.05) is 6.92 Å². The lowest BCUT2D eigenvalue weighted by molar-refractivity contribution is -0.114. The number of anilines is 1. The van der Waals surface area contributed by atoms with Crippen LogP contribution in [-0.2, 0) is 22.7 Å². The Bertz CT molecular complexity index is 985. The third kappa shape index (κ3) is 5.69. The highest BCUT2D eigenvalue weighted by Gasteiger charge is 2.17. The molecule has 5 nitrogen and oxygen atoms in total. The predicted molar refractivity (Wildman–Crippen MR) is 112 cm³/mol. The van der Waals surface area contributed by atoms with E-state index >= 15 is 0 Å². The van der Waals surface area contributed by atoms with E-state index in [1.54, 1.807) is 19.1 Å². The zero-order valence-corrected chi connectivity index (χ0v) is 16.5. The van der Waals surface area contributed by atoms with Crippen LogP contribution in [0, 0.1) is 6.92 Å². The van der Waals surface area contributed by atoms with Crippen LogP contribution in [0.2, 0.25) is 0 Å². The smallest absolute Gasteiger partial charge is 0.338 e. The molecule has 0 heterocycles. The third-order valence-electron chi connectivity index (χ3n) is 4.31. The van der Waals surface area contributed by atoms with Gasteiger partial charge < -0.3 is 14.8 Å². The van der Waals surface area contributed by atoms with E-state index in [4.69, 9.17) is 9.47 Å². The van der Waals surface area contributed by atoms with Gasteiger partial charge in [-0.05, 0) is 35.7 Å². The molecule has 3 aromatic carbocycles. The van der Waals surface area contributed by atoms with Gasteiger partial charge in [-0.15, -0.1) is 0 Å². The summed E-state index contributed by atoms with van der Waals surface area (Å²) in [5.41, 5.74) is 3.51. The van der Waals surface area contributed by atoms with Crippen LogP contribution in [0.5, 0.6) is 5.75 Å². The first-order valence-corrected chi connectivity index (χ1v) is 9.33. The molecular weight excluding hydrogens is 366 g/mol. The molecule has 29 heavy (non-hydrogen) atoms. The number of esters is 1. The lowest BCUT2D eigenvalue weighted by Crippen LogP contribution is -2.12. The Morgan fingerprint density at radius 3 is 2.03 bits per heavy atom. The van der Waals surface area contributed by atoms with Gasteiger partial charge in [-0.1, -0.05) is 60.7 Å². The first kappa shape index (κ1) is 20.1. The molecule has 3 rings (SSSR count). The number of nitrogens with one attached hydrogen (secondary N) is 1. The standard InChI is InChI=1S/C24H23NO4/c1-17-13-22(25-18(2)26)23(28-15-19-9-5-3-6-10-19)14-21(17)24(27)29-16-20-11-7-4-8-12-20/h3-14H,15-16H2,1-2H3,(H,25,26). The van der Waals surface area contributed by atoms with Crippen LogP contribution < -0.4 is 10.1 Å². The summed E-state index contributed by atoms with van der Waals surface area (Å²) in [4.78, 5) is 24.2. The molecule has 0 aliphatic rings. The Labute approximate surface area is 170 Å². The number of aryl methyl sites for hydroxylation is 1. The van der Waals surface area contributed by atoms with E-state index < -0.39 is 5.97 Å². The van der Waals surface area contributed by atoms with Crippen molar-refractivity contribution in [3.63, 3.8) is 0 Å². The van der Waals surface area contributed by atoms with Crippen molar-refractivity contribution in [3.8, 4) is 5.75 Å². The fourth-order valence-corrected chi connectivity index (χ4v) is 2.85. The first-order valence-electron chi connectivity index (χ1n) is 9.33. The van der Waals surface area contributed by atoms with Crippen molar-refractivity contribution in [2.45, 2.75) is 27.1 Å². The minimum atomic E-state index is -0.440. The Balaban J connectivity index is 1.80. The average Bonchev–Trinajstić information content (AvgIpc) is 2.72. The molecule has 0 aromatic heterocycles. The van der Waals surface area contributed by atoms with Gasteiger partial charge in [-0.25, -0.2) is 4.79 Å². The summed E-state index contributed by atoms with van der Waals surface area (Å²) < 4.78 is 11.4. The lowest BCUT2D eigenvalue weighted by Gasteiger charge is -2.15. The Morgan fingerprint density at radius 2 is 1.45 bits per heavy atom. The van der Waals surface area contributed by atoms with E-state index in [0.29, 0.717) is 29.2 Å². The van der Waals surface area contributed by atoms with E-state index in [1.807, 2.05) is 60.7 Å². The third-order valence-corrected chi connectivity index (χ3v) is 4.31. The first-order chi connectivity index (χ1) is 14.0. The van der Waals surface area contributed by atoms with Gasteiger partial charge in [-0.3, -0.25) is 4.79 Å². The van der Waals surface area contributed by atoms with Crippen LogP contribution in [0.1, 0.15) is 34.0 Å². The van der Waals surface area contributed by atoms with Crippen LogP contribution >= 0.6 is 0 Å². The maximum Gasteiger partial charge on any atom is 0.338 e. The molecule has 3 aromatic rings. The summed E-state index contributed by atoms with van der Waals surface area (Å²) in [7, 11) is 0. The monoisotopic (exact) mass is 389 g/mol. The van der Waals surface area contributed by atoms with Crippen LogP contribution in [0.4, 0.5) is 5.69 Å². The second-order valence-corrected chi connectivity index (χ2v) is 6.68. The summed E-state index contributed by atoms with van der Waals surface area (Å²) >= 11 is 0. The summed E-state index contributed by atoms with van der Waals surface area (Å²) in [5.74, 6) is -0.236. The van der Waals surface area contributed by atoms with Gasteiger partial charge in [0.1, 0.15) is 19.0 Å². The predicted octanol–water partition coefficient (Wildman–Crippen LogP) is 4.89. The maximum atomic E-state index is 12.6. The number of carbonyl (C=O) groups is 2. The Hall–Kier alpha value is -3.60. The minimum absolute atomic E-state index is 0.187. The highest BCUT2D eigenvalue weighted by Crippen LogP contribution is 2.30. The second-order valence-electron chi connectivity index (χ2n) is 6.68. The highest BCUT2D eigenvalue weighted by molar-refractivity contribution is 5.95. The molecule has 0 fully saturated rings. The number of ether oxygens (including phenoxy) is 2. The number of hydrogen-bond donors (Lipinski definition) is 1. The summed E-state index contributed by atoms with van der Waals surface area (Å²) in [6, 6.07) is 22.5. The fourth-order valence-electron chi connectivity index (χ4n) is 2.85. The largest absolute Gasteiger partial charge is 0.487 e. The summed E-state index contributed by atoms with van der Waals surface area (Å²) in [6.45, 7) is 3.73. The molecule has 1 amide bonds. The van der Waals surface area contributed by atoms with Gasteiger partial charge in [0.05, 0.1) is 11.3 Å². The van der Waals surface area contributed by atoms with Gasteiger partial charge in [-0.2, -0.15) is 0 Å². The van der Waals surface area contributed by atoms with Crippen molar-refractivity contribution in [3.05, 3.63) is 95.1 Å². The van der Waals surface area contributed by atoms with Gasteiger partial charge in [0.25, 0.3) is 0 Å². The number of rotatable bonds is 7. The average molecular weight is 389 g/mol. The summed E-state index contributed by atoms with van der Waals surface area (Å²) in [5, 5.41) is 2.76. The SMILES string of the molecule is CC(=O)Nc1cc(C)c(C(=O)OCc2ccccc2)cc1OCc1ccccc1. The molecule has 0 saturated carbocycles. The molecule has 0 aliphatic carbocycles.